The molecule has 1 aromatic carbocycles. The fraction of sp³-hybridized carbons (Fsp3) is 0.588. The van der Waals surface area contributed by atoms with Crippen LogP contribution in [0.1, 0.15) is 44.1 Å². The number of phenolic OH excluding ortho intramolecular Hbond substituents is 1. The van der Waals surface area contributed by atoms with Crippen molar-refractivity contribution in [2.24, 2.45) is 5.73 Å². The lowest BCUT2D eigenvalue weighted by Crippen LogP contribution is -2.52. The summed E-state index contributed by atoms with van der Waals surface area (Å²) in [6.45, 7) is 0.859. The number of amides is 1. The van der Waals surface area contributed by atoms with E-state index in [0.29, 0.717) is 11.8 Å². The third-order valence-corrected chi connectivity index (χ3v) is 4.81. The van der Waals surface area contributed by atoms with Gasteiger partial charge in [0.05, 0.1) is 5.54 Å². The van der Waals surface area contributed by atoms with E-state index in [0.717, 1.165) is 45.1 Å². The van der Waals surface area contributed by atoms with Crippen molar-refractivity contribution in [2.75, 3.05) is 6.54 Å². The topological polar surface area (TPSA) is 66.6 Å². The van der Waals surface area contributed by atoms with E-state index in [1.54, 1.807) is 12.1 Å². The van der Waals surface area contributed by atoms with Crippen molar-refractivity contribution in [3.05, 3.63) is 29.8 Å². The molecule has 0 spiro atoms. The summed E-state index contributed by atoms with van der Waals surface area (Å²) in [5.74, 6) is 0.463. The Balaban J connectivity index is 0.00000176. The first kappa shape index (κ1) is 17.1. The van der Waals surface area contributed by atoms with Crippen LogP contribution >= 0.6 is 12.4 Å². The quantitative estimate of drug-likeness (QED) is 0.894. The summed E-state index contributed by atoms with van der Waals surface area (Å²) in [5.41, 5.74) is 6.75. The van der Waals surface area contributed by atoms with Crippen LogP contribution in [0.5, 0.6) is 5.75 Å². The van der Waals surface area contributed by atoms with Gasteiger partial charge in [0, 0.05) is 12.6 Å². The molecule has 1 saturated carbocycles. The van der Waals surface area contributed by atoms with Crippen LogP contribution in [-0.2, 0) is 11.2 Å². The van der Waals surface area contributed by atoms with Gasteiger partial charge in [-0.1, -0.05) is 12.1 Å². The Labute approximate surface area is 138 Å². The molecule has 0 aromatic heterocycles. The average Bonchev–Trinajstić information content (AvgIpc) is 3.25. The smallest absolute Gasteiger partial charge is 0.242 e. The highest BCUT2D eigenvalue weighted by Gasteiger charge is 2.49. The number of aromatic hydroxyl groups is 1. The third-order valence-electron chi connectivity index (χ3n) is 4.81. The number of phenols is 1. The molecule has 1 aliphatic heterocycles. The number of benzene rings is 1. The van der Waals surface area contributed by atoms with E-state index in [9.17, 15) is 9.90 Å². The lowest BCUT2D eigenvalue weighted by molar-refractivity contribution is -0.137. The Morgan fingerprint density at radius 2 is 1.95 bits per heavy atom. The van der Waals surface area contributed by atoms with Gasteiger partial charge in [0.1, 0.15) is 5.75 Å². The van der Waals surface area contributed by atoms with Gasteiger partial charge >= 0.3 is 0 Å². The molecule has 0 bridgehead atoms. The van der Waals surface area contributed by atoms with Crippen LogP contribution in [0.25, 0.3) is 0 Å². The van der Waals surface area contributed by atoms with E-state index >= 15 is 0 Å². The zero-order valence-corrected chi connectivity index (χ0v) is 13.6. The second-order valence-corrected chi connectivity index (χ2v) is 6.51. The summed E-state index contributed by atoms with van der Waals surface area (Å²) in [7, 11) is 0. The number of carbonyl (C=O) groups excluding carboxylic acids is 1. The molecule has 1 saturated heterocycles. The molecule has 1 aliphatic carbocycles. The first-order chi connectivity index (χ1) is 10.1. The van der Waals surface area contributed by atoms with Crippen LogP contribution in [0, 0.1) is 0 Å². The largest absolute Gasteiger partial charge is 0.508 e. The summed E-state index contributed by atoms with van der Waals surface area (Å²) >= 11 is 0. The first-order valence-corrected chi connectivity index (χ1v) is 7.96. The maximum absolute atomic E-state index is 12.5. The van der Waals surface area contributed by atoms with Crippen molar-refractivity contribution in [1.29, 1.82) is 0 Å². The molecule has 3 N–H and O–H groups in total. The van der Waals surface area contributed by atoms with Gasteiger partial charge in [-0.3, -0.25) is 4.79 Å². The molecule has 1 unspecified atom stereocenters. The molecule has 1 aromatic rings. The Morgan fingerprint density at radius 1 is 1.27 bits per heavy atom. The van der Waals surface area contributed by atoms with Crippen LogP contribution in [0.4, 0.5) is 0 Å². The number of halogens is 1. The van der Waals surface area contributed by atoms with Crippen LogP contribution in [-0.4, -0.2) is 34.0 Å². The van der Waals surface area contributed by atoms with Crippen molar-refractivity contribution < 1.29 is 9.90 Å². The van der Waals surface area contributed by atoms with Crippen molar-refractivity contribution in [2.45, 2.75) is 56.5 Å². The van der Waals surface area contributed by atoms with Crippen molar-refractivity contribution >= 4 is 18.3 Å². The van der Waals surface area contributed by atoms with Crippen molar-refractivity contribution in [3.8, 4) is 5.75 Å². The van der Waals surface area contributed by atoms with E-state index in [1.807, 2.05) is 17.0 Å². The third kappa shape index (κ3) is 3.73. The lowest BCUT2D eigenvalue weighted by Gasteiger charge is -2.37. The number of likely N-dealkylation sites (tertiary alicyclic amines) is 1. The van der Waals surface area contributed by atoms with Gasteiger partial charge in [-0.15, -0.1) is 12.4 Å². The maximum Gasteiger partial charge on any atom is 0.242 e. The van der Waals surface area contributed by atoms with E-state index in [1.165, 1.54) is 12.0 Å². The number of nitrogens with two attached hydrogens (primary N) is 1. The molecular weight excluding hydrogens is 300 g/mol. The first-order valence-electron chi connectivity index (χ1n) is 7.96. The summed E-state index contributed by atoms with van der Waals surface area (Å²) in [6, 6.07) is 7.67. The number of piperidine rings is 1. The molecule has 3 rings (SSSR count). The molecule has 1 heterocycles. The summed E-state index contributed by atoms with van der Waals surface area (Å²) < 4.78 is 0. The highest BCUT2D eigenvalue weighted by molar-refractivity contribution is 5.89. The van der Waals surface area contributed by atoms with E-state index in [4.69, 9.17) is 5.73 Å². The lowest BCUT2D eigenvalue weighted by atomic mass is 9.95. The van der Waals surface area contributed by atoms with Gasteiger partial charge in [0.2, 0.25) is 5.91 Å². The van der Waals surface area contributed by atoms with Crippen molar-refractivity contribution in [3.63, 3.8) is 0 Å². The van der Waals surface area contributed by atoms with Crippen LogP contribution < -0.4 is 5.73 Å². The fourth-order valence-corrected chi connectivity index (χ4v) is 3.20. The molecule has 22 heavy (non-hydrogen) atoms. The summed E-state index contributed by atoms with van der Waals surface area (Å²) in [6.07, 6.45) is 6.97. The average molecular weight is 325 g/mol. The number of aryl methyl sites for hydroxylation is 1. The molecule has 5 heteroatoms. The van der Waals surface area contributed by atoms with Crippen LogP contribution in [0.3, 0.4) is 0 Å². The van der Waals surface area contributed by atoms with Crippen LogP contribution in [0.2, 0.25) is 0 Å². The fourth-order valence-electron chi connectivity index (χ4n) is 3.20. The van der Waals surface area contributed by atoms with Gasteiger partial charge in [0.25, 0.3) is 0 Å². The molecule has 4 nitrogen and oxygen atoms in total. The molecule has 1 atom stereocenters. The highest BCUT2D eigenvalue weighted by atomic mass is 35.5. The van der Waals surface area contributed by atoms with Gasteiger partial charge < -0.3 is 15.7 Å². The zero-order chi connectivity index (χ0) is 14.9. The monoisotopic (exact) mass is 324 g/mol. The van der Waals surface area contributed by atoms with Gasteiger partial charge in [0.15, 0.2) is 0 Å². The minimum atomic E-state index is -0.547. The Morgan fingerprint density at radius 3 is 2.59 bits per heavy atom. The van der Waals surface area contributed by atoms with Gasteiger partial charge in [-0.05, 0) is 62.6 Å². The highest BCUT2D eigenvalue weighted by Crippen LogP contribution is 2.36. The Bertz CT molecular complexity index is 514. The van der Waals surface area contributed by atoms with E-state index in [2.05, 4.69) is 0 Å². The van der Waals surface area contributed by atoms with E-state index in [-0.39, 0.29) is 18.3 Å². The SMILES string of the molecule is Cl.NC1(C(=O)N2CCCCC2CCc2ccc(O)cc2)CC1. The standard InChI is InChI=1S/C17H24N2O2.ClH/c18-17(10-11-17)16(21)19-12-2-1-3-14(19)7-4-13-5-8-15(20)9-6-13;/h5-6,8-9,14,20H,1-4,7,10-12,18H2;1H. The maximum atomic E-state index is 12.5. The predicted octanol–water partition coefficient (Wildman–Crippen LogP) is 2.62. The van der Waals surface area contributed by atoms with Crippen molar-refractivity contribution in [1.82, 2.24) is 4.90 Å². The van der Waals surface area contributed by atoms with Gasteiger partial charge in [-0.2, -0.15) is 0 Å². The number of hydrogen-bond donors (Lipinski definition) is 2. The minimum Gasteiger partial charge on any atom is -0.508 e. The van der Waals surface area contributed by atoms with Crippen LogP contribution in [0.15, 0.2) is 24.3 Å². The molecular formula is C17H25ClN2O2. The Hall–Kier alpha value is -1.26. The zero-order valence-electron chi connectivity index (χ0n) is 12.8. The number of carbonyl (C=O) groups is 1. The normalized spacial score (nSPS) is 22.8. The number of nitrogens with zero attached hydrogens (tertiary/aromatic N) is 1. The van der Waals surface area contributed by atoms with Gasteiger partial charge in [-0.25, -0.2) is 0 Å². The molecule has 0 radical (unpaired) electrons. The summed E-state index contributed by atoms with van der Waals surface area (Å²) in [5, 5.41) is 9.32. The second-order valence-electron chi connectivity index (χ2n) is 6.51. The second kappa shape index (κ2) is 6.88. The molecule has 2 fully saturated rings. The molecule has 122 valence electrons. The summed E-state index contributed by atoms with van der Waals surface area (Å²) in [4.78, 5) is 14.6. The number of hydrogen-bond acceptors (Lipinski definition) is 3. The predicted molar refractivity (Wildman–Crippen MR) is 89.2 cm³/mol. The minimum absolute atomic E-state index is 0. The molecule has 1 amide bonds. The number of rotatable bonds is 4. The Kier molecular flexibility index (Phi) is 5.35. The molecule has 2 aliphatic rings. The van der Waals surface area contributed by atoms with E-state index < -0.39 is 5.54 Å².